The van der Waals surface area contributed by atoms with E-state index in [2.05, 4.69) is 15.2 Å². The Morgan fingerprint density at radius 1 is 1.30 bits per heavy atom. The number of aliphatic hydroxyl groups is 1. The van der Waals surface area contributed by atoms with Crippen LogP contribution in [-0.2, 0) is 6.54 Å². The molecule has 128 valence electrons. The summed E-state index contributed by atoms with van der Waals surface area (Å²) < 4.78 is 0. The molecular weight excluding hydrogens is 292 g/mol. The zero-order valence-corrected chi connectivity index (χ0v) is 14.0. The molecule has 2 N–H and O–H groups in total. The zero-order valence-electron chi connectivity index (χ0n) is 14.0. The van der Waals surface area contributed by atoms with Crippen molar-refractivity contribution in [3.8, 4) is 0 Å². The second kappa shape index (κ2) is 9.35. The Labute approximate surface area is 138 Å². The first-order valence-electron chi connectivity index (χ1n) is 8.58. The Hall–Kier alpha value is -1.82. The summed E-state index contributed by atoms with van der Waals surface area (Å²) in [6.07, 6.45) is 6.92. The molecule has 0 saturated carbocycles. The number of pyridine rings is 1. The standard InChI is InChI=1S/C17H28N4O2/c1-2-20(11-12-22)17(23)19-14-15-7-8-16(18-13-15)21-9-5-3-4-6-10-21/h7-8,13,22H,2-6,9-12,14H2,1H3,(H,19,23). The van der Waals surface area contributed by atoms with Gasteiger partial charge in [0.1, 0.15) is 5.82 Å². The summed E-state index contributed by atoms with van der Waals surface area (Å²) in [5.74, 6) is 1.03. The molecule has 0 aliphatic carbocycles. The minimum atomic E-state index is -0.154. The van der Waals surface area contributed by atoms with Crippen LogP contribution in [0, 0.1) is 0 Å². The van der Waals surface area contributed by atoms with Gasteiger partial charge in [0.2, 0.25) is 0 Å². The molecular formula is C17H28N4O2. The summed E-state index contributed by atoms with van der Waals surface area (Å²) in [6, 6.07) is 3.91. The maximum atomic E-state index is 12.0. The van der Waals surface area contributed by atoms with Gasteiger partial charge < -0.3 is 20.2 Å². The number of anilines is 1. The molecule has 1 aliphatic heterocycles. The molecule has 6 heteroatoms. The monoisotopic (exact) mass is 320 g/mol. The molecule has 1 aromatic rings. The van der Waals surface area contributed by atoms with Crippen molar-refractivity contribution >= 4 is 11.8 Å². The number of rotatable bonds is 6. The van der Waals surface area contributed by atoms with Gasteiger partial charge >= 0.3 is 6.03 Å². The summed E-state index contributed by atoms with van der Waals surface area (Å²) in [5, 5.41) is 11.8. The lowest BCUT2D eigenvalue weighted by Gasteiger charge is -2.22. The third-order valence-corrected chi connectivity index (χ3v) is 4.22. The summed E-state index contributed by atoms with van der Waals surface area (Å²) in [4.78, 5) is 20.4. The molecule has 0 radical (unpaired) electrons. The van der Waals surface area contributed by atoms with Crippen LogP contribution in [0.25, 0.3) is 0 Å². The van der Waals surface area contributed by atoms with E-state index in [1.54, 1.807) is 4.90 Å². The van der Waals surface area contributed by atoms with Gasteiger partial charge in [0.25, 0.3) is 0 Å². The van der Waals surface area contributed by atoms with Crippen molar-refractivity contribution in [2.45, 2.75) is 39.2 Å². The average molecular weight is 320 g/mol. The lowest BCUT2D eigenvalue weighted by molar-refractivity contribution is 0.180. The highest BCUT2D eigenvalue weighted by Gasteiger charge is 2.12. The number of aliphatic hydroxyl groups excluding tert-OH is 1. The van der Waals surface area contributed by atoms with Gasteiger partial charge in [-0.2, -0.15) is 0 Å². The SMILES string of the molecule is CCN(CCO)C(=O)NCc1ccc(N2CCCCCC2)nc1. The molecule has 0 aromatic carbocycles. The third kappa shape index (κ3) is 5.39. The highest BCUT2D eigenvalue weighted by atomic mass is 16.3. The van der Waals surface area contributed by atoms with Crippen molar-refractivity contribution < 1.29 is 9.90 Å². The van der Waals surface area contributed by atoms with E-state index in [4.69, 9.17) is 5.11 Å². The Balaban J connectivity index is 1.85. The molecule has 2 amide bonds. The third-order valence-electron chi connectivity index (χ3n) is 4.22. The molecule has 6 nitrogen and oxygen atoms in total. The van der Waals surface area contributed by atoms with E-state index in [0.29, 0.717) is 19.6 Å². The first-order valence-corrected chi connectivity index (χ1v) is 8.58. The van der Waals surface area contributed by atoms with E-state index in [1.807, 2.05) is 25.3 Å². The van der Waals surface area contributed by atoms with Gasteiger partial charge in [-0.15, -0.1) is 0 Å². The first kappa shape index (κ1) is 17.5. The van der Waals surface area contributed by atoms with E-state index < -0.39 is 0 Å². The number of aromatic nitrogens is 1. The maximum absolute atomic E-state index is 12.0. The van der Waals surface area contributed by atoms with Crippen LogP contribution in [0.3, 0.4) is 0 Å². The Kier molecular flexibility index (Phi) is 7.13. The molecule has 1 saturated heterocycles. The number of hydrogen-bond donors (Lipinski definition) is 2. The minimum Gasteiger partial charge on any atom is -0.395 e. The largest absolute Gasteiger partial charge is 0.395 e. The van der Waals surface area contributed by atoms with E-state index >= 15 is 0 Å². The van der Waals surface area contributed by atoms with Crippen LogP contribution in [0.1, 0.15) is 38.2 Å². The number of hydrogen-bond acceptors (Lipinski definition) is 4. The fraction of sp³-hybridized carbons (Fsp3) is 0.647. The normalized spacial score (nSPS) is 15.1. The van der Waals surface area contributed by atoms with Crippen molar-refractivity contribution in [3.05, 3.63) is 23.9 Å². The summed E-state index contributed by atoms with van der Waals surface area (Å²) in [5.41, 5.74) is 0.983. The molecule has 1 aromatic heterocycles. The topological polar surface area (TPSA) is 68.7 Å². The molecule has 0 unspecified atom stereocenters. The van der Waals surface area contributed by atoms with E-state index in [0.717, 1.165) is 24.5 Å². The Morgan fingerprint density at radius 2 is 2.04 bits per heavy atom. The van der Waals surface area contributed by atoms with Crippen LogP contribution in [0.4, 0.5) is 10.6 Å². The minimum absolute atomic E-state index is 0.0205. The van der Waals surface area contributed by atoms with E-state index in [-0.39, 0.29) is 12.6 Å². The smallest absolute Gasteiger partial charge is 0.317 e. The number of likely N-dealkylation sites (N-methyl/N-ethyl adjacent to an activating group) is 1. The second-order valence-electron chi connectivity index (χ2n) is 5.89. The summed E-state index contributed by atoms with van der Waals surface area (Å²) in [7, 11) is 0. The van der Waals surface area contributed by atoms with Crippen molar-refractivity contribution in [1.29, 1.82) is 0 Å². The lowest BCUT2D eigenvalue weighted by atomic mass is 10.2. The summed E-state index contributed by atoms with van der Waals surface area (Å²) >= 11 is 0. The van der Waals surface area contributed by atoms with Gasteiger partial charge in [-0.1, -0.05) is 18.9 Å². The fourth-order valence-electron chi connectivity index (χ4n) is 2.82. The molecule has 1 aliphatic rings. The van der Waals surface area contributed by atoms with Gasteiger partial charge in [-0.25, -0.2) is 9.78 Å². The van der Waals surface area contributed by atoms with Crippen molar-refractivity contribution in [3.63, 3.8) is 0 Å². The van der Waals surface area contributed by atoms with Crippen LogP contribution in [0.15, 0.2) is 18.3 Å². The van der Waals surface area contributed by atoms with Gasteiger partial charge in [-0.3, -0.25) is 0 Å². The number of carbonyl (C=O) groups is 1. The molecule has 0 spiro atoms. The first-order chi connectivity index (χ1) is 11.2. The maximum Gasteiger partial charge on any atom is 0.317 e. The van der Waals surface area contributed by atoms with Crippen LogP contribution < -0.4 is 10.2 Å². The van der Waals surface area contributed by atoms with Crippen molar-refractivity contribution in [1.82, 2.24) is 15.2 Å². The molecule has 0 bridgehead atoms. The Bertz CT molecular complexity index is 470. The molecule has 1 fully saturated rings. The molecule has 0 atom stereocenters. The highest BCUT2D eigenvalue weighted by Crippen LogP contribution is 2.17. The van der Waals surface area contributed by atoms with E-state index in [1.165, 1.54) is 25.7 Å². The van der Waals surface area contributed by atoms with E-state index in [9.17, 15) is 4.79 Å². The van der Waals surface area contributed by atoms with Gasteiger partial charge in [0.15, 0.2) is 0 Å². The highest BCUT2D eigenvalue weighted by molar-refractivity contribution is 5.74. The quantitative estimate of drug-likeness (QED) is 0.841. The molecule has 23 heavy (non-hydrogen) atoms. The van der Waals surface area contributed by atoms with Crippen LogP contribution in [0.5, 0.6) is 0 Å². The number of carbonyl (C=O) groups excluding carboxylic acids is 1. The van der Waals surface area contributed by atoms with Crippen molar-refractivity contribution in [2.24, 2.45) is 0 Å². The number of nitrogens with zero attached hydrogens (tertiary/aromatic N) is 3. The molecule has 2 heterocycles. The Morgan fingerprint density at radius 3 is 2.61 bits per heavy atom. The van der Waals surface area contributed by atoms with Gasteiger partial charge in [-0.05, 0) is 31.4 Å². The zero-order chi connectivity index (χ0) is 16.5. The second-order valence-corrected chi connectivity index (χ2v) is 5.89. The summed E-state index contributed by atoms with van der Waals surface area (Å²) in [6.45, 7) is 5.42. The number of nitrogens with one attached hydrogen (secondary N) is 1. The average Bonchev–Trinajstić information content (AvgIpc) is 2.87. The van der Waals surface area contributed by atoms with Gasteiger partial charge in [0.05, 0.1) is 6.61 Å². The lowest BCUT2D eigenvalue weighted by Crippen LogP contribution is -2.41. The van der Waals surface area contributed by atoms with Crippen molar-refractivity contribution in [2.75, 3.05) is 37.7 Å². The van der Waals surface area contributed by atoms with Crippen LogP contribution >= 0.6 is 0 Å². The number of urea groups is 1. The van der Waals surface area contributed by atoms with Gasteiger partial charge in [0, 0.05) is 38.9 Å². The molecule has 2 rings (SSSR count). The predicted octanol–water partition coefficient (Wildman–Crippen LogP) is 1.99. The van der Waals surface area contributed by atoms with Crippen LogP contribution in [-0.4, -0.2) is 53.8 Å². The predicted molar refractivity (Wildman–Crippen MR) is 91.5 cm³/mol. The number of amides is 2. The fourth-order valence-corrected chi connectivity index (χ4v) is 2.82. The van der Waals surface area contributed by atoms with Crippen LogP contribution in [0.2, 0.25) is 0 Å².